The van der Waals surface area contributed by atoms with E-state index in [2.05, 4.69) is 6.92 Å². The van der Waals surface area contributed by atoms with Crippen LogP contribution in [0.2, 0.25) is 0 Å². The topological polar surface area (TPSA) is 43.4 Å². The zero-order valence-corrected chi connectivity index (χ0v) is 14.5. The molecule has 0 bridgehead atoms. The van der Waals surface area contributed by atoms with E-state index in [4.69, 9.17) is 4.74 Å². The van der Waals surface area contributed by atoms with Gasteiger partial charge in [0, 0.05) is 5.92 Å². The molecule has 0 aliphatic heterocycles. The summed E-state index contributed by atoms with van der Waals surface area (Å²) in [5.41, 5.74) is 1.12. The van der Waals surface area contributed by atoms with Crippen LogP contribution in [0.1, 0.15) is 57.9 Å². The number of carbonyl (C=O) groups excluding carboxylic acids is 2. The van der Waals surface area contributed by atoms with Crippen LogP contribution in [-0.2, 0) is 14.3 Å². The van der Waals surface area contributed by atoms with Crippen LogP contribution >= 0.6 is 0 Å². The number of esters is 1. The van der Waals surface area contributed by atoms with E-state index in [-0.39, 0.29) is 23.6 Å². The predicted octanol–water partition coefficient (Wildman–Crippen LogP) is 4.36. The van der Waals surface area contributed by atoms with Gasteiger partial charge in [0.2, 0.25) is 0 Å². The summed E-state index contributed by atoms with van der Waals surface area (Å²) < 4.78 is 5.48. The lowest BCUT2D eigenvalue weighted by Gasteiger charge is -2.30. The van der Waals surface area contributed by atoms with Gasteiger partial charge in [-0.2, -0.15) is 0 Å². The number of ketones is 1. The maximum Gasteiger partial charge on any atom is 0.309 e. The number of hydrogen-bond donors (Lipinski definition) is 0. The highest BCUT2D eigenvalue weighted by molar-refractivity contribution is 5.85. The quantitative estimate of drug-likeness (QED) is 0.669. The first-order valence-electron chi connectivity index (χ1n) is 8.76. The van der Waals surface area contributed by atoms with Crippen LogP contribution < -0.4 is 0 Å². The monoisotopic (exact) mass is 316 g/mol. The highest BCUT2D eigenvalue weighted by Gasteiger charge is 2.35. The fourth-order valence-electron chi connectivity index (χ4n) is 3.52. The van der Waals surface area contributed by atoms with E-state index in [1.54, 1.807) is 6.92 Å². The van der Waals surface area contributed by atoms with Crippen LogP contribution in [0.15, 0.2) is 30.3 Å². The Morgan fingerprint density at radius 2 is 1.87 bits per heavy atom. The van der Waals surface area contributed by atoms with E-state index >= 15 is 0 Å². The van der Waals surface area contributed by atoms with Gasteiger partial charge in [-0.05, 0) is 43.6 Å². The summed E-state index contributed by atoms with van der Waals surface area (Å²) in [5.74, 6) is -0.313. The minimum Gasteiger partial charge on any atom is -0.465 e. The molecule has 3 heteroatoms. The third-order valence-corrected chi connectivity index (χ3v) is 5.17. The first-order valence-corrected chi connectivity index (χ1v) is 8.76. The Balaban J connectivity index is 2.08. The average Bonchev–Trinajstić information content (AvgIpc) is 2.50. The lowest BCUT2D eigenvalue weighted by molar-refractivity contribution is -0.154. The molecule has 1 saturated carbocycles. The van der Waals surface area contributed by atoms with Crippen molar-refractivity contribution >= 4 is 11.8 Å². The van der Waals surface area contributed by atoms with E-state index in [0.29, 0.717) is 12.5 Å². The molecule has 0 aromatic heterocycles. The van der Waals surface area contributed by atoms with E-state index < -0.39 is 5.92 Å². The van der Waals surface area contributed by atoms with Crippen LogP contribution in [-0.4, -0.2) is 18.4 Å². The van der Waals surface area contributed by atoms with Crippen LogP contribution in [0, 0.1) is 17.8 Å². The third-order valence-electron chi connectivity index (χ3n) is 5.17. The molecule has 126 valence electrons. The Bertz CT molecular complexity index is 519. The van der Waals surface area contributed by atoms with Crippen LogP contribution in [0.3, 0.4) is 0 Å². The summed E-state index contributed by atoms with van der Waals surface area (Å²) in [6, 6.07) is 10.0. The number of rotatable bonds is 8. The largest absolute Gasteiger partial charge is 0.465 e. The van der Waals surface area contributed by atoms with Gasteiger partial charge in [0.05, 0.1) is 12.5 Å². The highest BCUT2D eigenvalue weighted by Crippen LogP contribution is 2.35. The van der Waals surface area contributed by atoms with Crippen molar-refractivity contribution in [2.24, 2.45) is 17.8 Å². The molecule has 0 N–H and O–H groups in total. The second-order valence-electron chi connectivity index (χ2n) is 6.78. The second kappa shape index (κ2) is 8.28. The minimum absolute atomic E-state index is 0.0555. The number of hydrogen-bond acceptors (Lipinski definition) is 3. The molecule has 0 spiro atoms. The summed E-state index contributed by atoms with van der Waals surface area (Å²) in [7, 11) is 0. The van der Waals surface area contributed by atoms with Crippen molar-refractivity contribution in [3.8, 4) is 0 Å². The van der Waals surface area contributed by atoms with E-state index in [0.717, 1.165) is 24.8 Å². The SMILES string of the molecule is CCC(c1ccccc1)C(C(C)=O)C(C)C(=O)OCC1CCC1. The number of carbonyl (C=O) groups is 2. The third kappa shape index (κ3) is 4.43. The summed E-state index contributed by atoms with van der Waals surface area (Å²) in [6.45, 7) is 6.00. The molecule has 3 atom stereocenters. The van der Waals surface area contributed by atoms with Crippen molar-refractivity contribution in [2.75, 3.05) is 6.61 Å². The molecule has 1 aromatic rings. The summed E-state index contributed by atoms with van der Waals surface area (Å²) in [4.78, 5) is 24.7. The molecule has 0 radical (unpaired) electrons. The van der Waals surface area contributed by atoms with Crippen molar-refractivity contribution in [2.45, 2.75) is 52.4 Å². The first-order chi connectivity index (χ1) is 11.0. The molecule has 0 amide bonds. The molecule has 3 nitrogen and oxygen atoms in total. The standard InChI is InChI=1S/C20H28O3/c1-4-18(17-11-6-5-7-12-17)19(15(3)21)14(2)20(22)23-13-16-9-8-10-16/h5-7,11-12,14,16,18-19H,4,8-10,13H2,1-3H3. The van der Waals surface area contributed by atoms with Gasteiger partial charge in [-0.1, -0.05) is 50.6 Å². The minimum atomic E-state index is -0.405. The van der Waals surface area contributed by atoms with Crippen LogP contribution in [0.4, 0.5) is 0 Å². The molecular formula is C20H28O3. The predicted molar refractivity (Wildman–Crippen MR) is 91.1 cm³/mol. The van der Waals surface area contributed by atoms with Gasteiger partial charge in [0.25, 0.3) is 0 Å². The van der Waals surface area contributed by atoms with Gasteiger partial charge in [-0.25, -0.2) is 0 Å². The smallest absolute Gasteiger partial charge is 0.309 e. The number of Topliss-reactive ketones (excluding diaryl/α,β-unsaturated/α-hetero) is 1. The zero-order chi connectivity index (χ0) is 16.8. The van der Waals surface area contributed by atoms with E-state index in [1.165, 1.54) is 6.42 Å². The Hall–Kier alpha value is -1.64. The molecule has 2 rings (SSSR count). The van der Waals surface area contributed by atoms with Gasteiger partial charge in [0.1, 0.15) is 5.78 Å². The molecule has 0 heterocycles. The van der Waals surface area contributed by atoms with Gasteiger partial charge in [-0.15, -0.1) is 0 Å². The van der Waals surface area contributed by atoms with Gasteiger partial charge >= 0.3 is 5.97 Å². The lowest BCUT2D eigenvalue weighted by atomic mass is 9.75. The van der Waals surface area contributed by atoms with Crippen LogP contribution in [0.5, 0.6) is 0 Å². The Morgan fingerprint density at radius 1 is 1.22 bits per heavy atom. The maximum atomic E-state index is 12.4. The molecular weight excluding hydrogens is 288 g/mol. The van der Waals surface area contributed by atoms with Gasteiger partial charge < -0.3 is 4.74 Å². The molecule has 1 fully saturated rings. The lowest BCUT2D eigenvalue weighted by Crippen LogP contribution is -2.34. The Kier molecular flexibility index (Phi) is 6.37. The van der Waals surface area contributed by atoms with Crippen LogP contribution in [0.25, 0.3) is 0 Å². The van der Waals surface area contributed by atoms with Crippen molar-refractivity contribution in [1.82, 2.24) is 0 Å². The summed E-state index contributed by atoms with van der Waals surface area (Å²) in [6.07, 6.45) is 4.37. The van der Waals surface area contributed by atoms with E-state index in [9.17, 15) is 9.59 Å². The van der Waals surface area contributed by atoms with Gasteiger partial charge in [0.15, 0.2) is 0 Å². The van der Waals surface area contributed by atoms with Crippen molar-refractivity contribution in [3.63, 3.8) is 0 Å². The summed E-state index contributed by atoms with van der Waals surface area (Å²) in [5, 5.41) is 0. The molecule has 1 aliphatic carbocycles. The second-order valence-corrected chi connectivity index (χ2v) is 6.78. The first kappa shape index (κ1) is 17.7. The van der Waals surface area contributed by atoms with E-state index in [1.807, 2.05) is 37.3 Å². The average molecular weight is 316 g/mol. The van der Waals surface area contributed by atoms with Gasteiger partial charge in [-0.3, -0.25) is 9.59 Å². The highest BCUT2D eigenvalue weighted by atomic mass is 16.5. The summed E-state index contributed by atoms with van der Waals surface area (Å²) >= 11 is 0. The fourth-order valence-corrected chi connectivity index (χ4v) is 3.52. The number of ether oxygens (including phenoxy) is 1. The Morgan fingerprint density at radius 3 is 2.35 bits per heavy atom. The van der Waals surface area contributed by atoms with Crippen molar-refractivity contribution in [3.05, 3.63) is 35.9 Å². The molecule has 23 heavy (non-hydrogen) atoms. The number of benzene rings is 1. The molecule has 0 saturated heterocycles. The normalized spacial score (nSPS) is 18.6. The maximum absolute atomic E-state index is 12.4. The zero-order valence-electron chi connectivity index (χ0n) is 14.5. The van der Waals surface area contributed by atoms with Crippen molar-refractivity contribution < 1.29 is 14.3 Å². The van der Waals surface area contributed by atoms with Crippen molar-refractivity contribution in [1.29, 1.82) is 0 Å². The fraction of sp³-hybridized carbons (Fsp3) is 0.600. The molecule has 1 aromatic carbocycles. The Labute approximate surface area is 139 Å². The molecule has 1 aliphatic rings. The molecule has 3 unspecified atom stereocenters.